The van der Waals surface area contributed by atoms with Crippen LogP contribution in [0.15, 0.2) is 71.6 Å². The number of anilines is 1. The van der Waals surface area contributed by atoms with Crippen LogP contribution in [0.3, 0.4) is 0 Å². The maximum Gasteiger partial charge on any atom is 0.264 e. The first kappa shape index (κ1) is 27.6. The summed E-state index contributed by atoms with van der Waals surface area (Å²) in [7, 11) is -2.42. The molecule has 1 atom stereocenters. The van der Waals surface area contributed by atoms with E-state index in [1.54, 1.807) is 56.5 Å². The number of amides is 1. The van der Waals surface area contributed by atoms with Gasteiger partial charge in [-0.3, -0.25) is 9.10 Å². The molecule has 3 rings (SSSR count). The molecule has 0 aromatic heterocycles. The zero-order valence-corrected chi connectivity index (χ0v) is 22.9. The molecule has 6 nitrogen and oxygen atoms in total. The Hall–Kier alpha value is -3.03. The first-order chi connectivity index (χ1) is 17.0. The molecular formula is C28H33ClN2O4S. The third-order valence-corrected chi connectivity index (χ3v) is 7.89. The van der Waals surface area contributed by atoms with Gasteiger partial charge in [0.2, 0.25) is 5.91 Å². The summed E-state index contributed by atoms with van der Waals surface area (Å²) in [5, 5.41) is 3.54. The van der Waals surface area contributed by atoms with Crippen molar-refractivity contribution in [3.63, 3.8) is 0 Å². The fraction of sp³-hybridized carbons (Fsp3) is 0.321. The third kappa shape index (κ3) is 6.80. The van der Waals surface area contributed by atoms with Crippen LogP contribution in [-0.2, 0) is 14.8 Å². The van der Waals surface area contributed by atoms with Crippen LogP contribution in [0.1, 0.15) is 43.0 Å². The molecule has 8 heteroatoms. The fourth-order valence-electron chi connectivity index (χ4n) is 3.99. The van der Waals surface area contributed by atoms with Crippen molar-refractivity contribution >= 4 is 33.2 Å². The van der Waals surface area contributed by atoms with Gasteiger partial charge in [-0.15, -0.1) is 0 Å². The third-order valence-electron chi connectivity index (χ3n) is 5.88. The van der Waals surface area contributed by atoms with E-state index in [-0.39, 0.29) is 17.5 Å². The summed E-state index contributed by atoms with van der Waals surface area (Å²) in [6.45, 7) is 7.44. The molecule has 0 saturated heterocycles. The summed E-state index contributed by atoms with van der Waals surface area (Å²) in [5.41, 5.74) is 2.92. The van der Waals surface area contributed by atoms with E-state index in [0.717, 1.165) is 21.2 Å². The van der Waals surface area contributed by atoms with Gasteiger partial charge in [0.05, 0.1) is 23.7 Å². The molecule has 0 aliphatic rings. The van der Waals surface area contributed by atoms with E-state index in [9.17, 15) is 13.2 Å². The molecule has 1 N–H and O–H groups in total. The summed E-state index contributed by atoms with van der Waals surface area (Å²) in [6.07, 6.45) is 0.697. The average Bonchev–Trinajstić information content (AvgIpc) is 2.82. The summed E-state index contributed by atoms with van der Waals surface area (Å²) < 4.78 is 33.8. The van der Waals surface area contributed by atoms with Gasteiger partial charge < -0.3 is 10.1 Å². The zero-order chi connectivity index (χ0) is 26.5. The largest absolute Gasteiger partial charge is 0.497 e. The first-order valence-electron chi connectivity index (χ1n) is 11.8. The number of aryl methyl sites for hydroxylation is 2. The fourth-order valence-corrected chi connectivity index (χ4v) is 5.70. The van der Waals surface area contributed by atoms with Crippen LogP contribution in [0.4, 0.5) is 5.69 Å². The van der Waals surface area contributed by atoms with Crippen molar-refractivity contribution in [2.75, 3.05) is 18.0 Å². The number of halogens is 1. The van der Waals surface area contributed by atoms with E-state index in [2.05, 4.69) is 19.2 Å². The highest BCUT2D eigenvalue weighted by atomic mass is 35.5. The molecular weight excluding hydrogens is 496 g/mol. The maximum atomic E-state index is 13.7. The summed E-state index contributed by atoms with van der Waals surface area (Å²) in [6, 6.07) is 18.8. The minimum atomic E-state index is -4.02. The molecule has 0 spiro atoms. The van der Waals surface area contributed by atoms with E-state index < -0.39 is 15.9 Å². The lowest BCUT2D eigenvalue weighted by molar-refractivity contribution is -0.120. The van der Waals surface area contributed by atoms with Crippen LogP contribution >= 0.6 is 11.6 Å². The minimum Gasteiger partial charge on any atom is -0.497 e. The van der Waals surface area contributed by atoms with Crippen molar-refractivity contribution in [2.45, 2.75) is 45.1 Å². The van der Waals surface area contributed by atoms with Crippen LogP contribution in [0, 0.1) is 19.8 Å². The van der Waals surface area contributed by atoms with E-state index in [1.165, 1.54) is 0 Å². The highest BCUT2D eigenvalue weighted by Gasteiger charge is 2.29. The Balaban J connectivity index is 1.95. The first-order valence-corrected chi connectivity index (χ1v) is 13.6. The molecule has 0 unspecified atom stereocenters. The second-order valence-corrected chi connectivity index (χ2v) is 11.6. The lowest BCUT2D eigenvalue weighted by atomic mass is 9.97. The van der Waals surface area contributed by atoms with Gasteiger partial charge in [-0.1, -0.05) is 55.3 Å². The normalized spacial score (nSPS) is 12.3. The van der Waals surface area contributed by atoms with Crippen LogP contribution < -0.4 is 14.4 Å². The van der Waals surface area contributed by atoms with Crippen molar-refractivity contribution < 1.29 is 17.9 Å². The van der Waals surface area contributed by atoms with Gasteiger partial charge in [0.15, 0.2) is 0 Å². The number of benzene rings is 3. The standard InChI is InChI=1S/C28H33ClN2O4S/c1-19(2)16-26(22-8-11-24(35-5)12-9-22)30-28(32)18-31(27-15-10-23(29)17-21(27)4)36(33,34)25-13-6-20(3)7-14-25/h6-15,17,19,26H,16,18H2,1-5H3,(H,30,32)/t26-/m0/s1. The minimum absolute atomic E-state index is 0.115. The molecule has 0 aliphatic heterocycles. The smallest absolute Gasteiger partial charge is 0.264 e. The Morgan fingerprint density at radius 1 is 1.00 bits per heavy atom. The summed E-state index contributed by atoms with van der Waals surface area (Å²) in [5.74, 6) is 0.631. The number of hydrogen-bond donors (Lipinski definition) is 1. The number of nitrogens with one attached hydrogen (secondary N) is 1. The van der Waals surface area contributed by atoms with Gasteiger partial charge in [0.1, 0.15) is 12.3 Å². The highest BCUT2D eigenvalue weighted by molar-refractivity contribution is 7.92. The second kappa shape index (κ2) is 11.8. The van der Waals surface area contributed by atoms with Crippen LogP contribution in [0.5, 0.6) is 5.75 Å². The van der Waals surface area contributed by atoms with Gasteiger partial charge in [0, 0.05) is 5.02 Å². The molecule has 0 saturated carbocycles. The SMILES string of the molecule is COc1ccc([C@H](CC(C)C)NC(=O)CN(c2ccc(Cl)cc2C)S(=O)(=O)c2ccc(C)cc2)cc1. The van der Waals surface area contributed by atoms with Gasteiger partial charge in [-0.25, -0.2) is 8.42 Å². The van der Waals surface area contributed by atoms with Crippen molar-refractivity contribution in [1.29, 1.82) is 0 Å². The number of carbonyl (C=O) groups excluding carboxylic acids is 1. The molecule has 0 aliphatic carbocycles. The Kier molecular flexibility index (Phi) is 9.03. The molecule has 0 fully saturated rings. The second-order valence-electron chi connectivity index (χ2n) is 9.28. The summed E-state index contributed by atoms with van der Waals surface area (Å²) in [4.78, 5) is 13.5. The van der Waals surface area contributed by atoms with E-state index in [0.29, 0.717) is 28.6 Å². The van der Waals surface area contributed by atoms with Gasteiger partial charge in [-0.2, -0.15) is 0 Å². The zero-order valence-electron chi connectivity index (χ0n) is 21.3. The number of carbonyl (C=O) groups is 1. The van der Waals surface area contributed by atoms with Crippen LogP contribution in [0.2, 0.25) is 5.02 Å². The molecule has 0 heterocycles. The quantitative estimate of drug-likeness (QED) is 0.347. The maximum absolute atomic E-state index is 13.7. The van der Waals surface area contributed by atoms with Crippen LogP contribution in [-0.4, -0.2) is 28.0 Å². The van der Waals surface area contributed by atoms with E-state index in [4.69, 9.17) is 16.3 Å². The Labute approximate surface area is 219 Å². The Morgan fingerprint density at radius 2 is 1.64 bits per heavy atom. The Bertz CT molecular complexity index is 1290. The van der Waals surface area contributed by atoms with Crippen LogP contribution in [0.25, 0.3) is 0 Å². The van der Waals surface area contributed by atoms with Gasteiger partial charge in [-0.05, 0) is 79.8 Å². The van der Waals surface area contributed by atoms with Crippen molar-refractivity contribution in [2.24, 2.45) is 5.92 Å². The van der Waals surface area contributed by atoms with E-state index >= 15 is 0 Å². The lowest BCUT2D eigenvalue weighted by Crippen LogP contribution is -2.42. The van der Waals surface area contributed by atoms with E-state index in [1.807, 2.05) is 31.2 Å². The molecule has 36 heavy (non-hydrogen) atoms. The highest BCUT2D eigenvalue weighted by Crippen LogP contribution is 2.30. The van der Waals surface area contributed by atoms with Crippen molar-refractivity contribution in [3.8, 4) is 5.75 Å². The number of hydrogen-bond acceptors (Lipinski definition) is 4. The number of methoxy groups -OCH3 is 1. The Morgan fingerprint density at radius 3 is 2.19 bits per heavy atom. The molecule has 1 amide bonds. The topological polar surface area (TPSA) is 75.7 Å². The molecule has 3 aromatic carbocycles. The average molecular weight is 529 g/mol. The lowest BCUT2D eigenvalue weighted by Gasteiger charge is -2.27. The number of rotatable bonds is 10. The summed E-state index contributed by atoms with van der Waals surface area (Å²) >= 11 is 6.13. The van der Waals surface area contributed by atoms with Crippen molar-refractivity contribution in [3.05, 3.63) is 88.4 Å². The van der Waals surface area contributed by atoms with Gasteiger partial charge >= 0.3 is 0 Å². The molecule has 0 radical (unpaired) electrons. The predicted molar refractivity (Wildman–Crippen MR) is 145 cm³/mol. The predicted octanol–water partition coefficient (Wildman–Crippen LogP) is 6.06. The van der Waals surface area contributed by atoms with Crippen molar-refractivity contribution in [1.82, 2.24) is 5.32 Å². The molecule has 3 aromatic rings. The number of sulfonamides is 1. The molecule has 192 valence electrons. The number of nitrogens with zero attached hydrogens (tertiary/aromatic N) is 1. The molecule has 0 bridgehead atoms. The monoisotopic (exact) mass is 528 g/mol. The number of ether oxygens (including phenoxy) is 1. The van der Waals surface area contributed by atoms with Gasteiger partial charge in [0.25, 0.3) is 10.0 Å².